The van der Waals surface area contributed by atoms with E-state index < -0.39 is 6.10 Å². The third kappa shape index (κ3) is 55.5. The van der Waals surface area contributed by atoms with Gasteiger partial charge in [-0.1, -0.05) is 266 Å². The highest BCUT2D eigenvalue weighted by molar-refractivity contribution is 5.71. The summed E-state index contributed by atoms with van der Waals surface area (Å²) < 4.78 is 16.8. The Morgan fingerprint density at radius 2 is 0.586 bits per heavy atom. The highest BCUT2D eigenvalue weighted by Gasteiger charge is 2.19. The zero-order valence-corrected chi connectivity index (χ0v) is 46.0. The lowest BCUT2D eigenvalue weighted by atomic mass is 10.0. The van der Waals surface area contributed by atoms with Gasteiger partial charge in [0.15, 0.2) is 6.10 Å². The van der Waals surface area contributed by atoms with Crippen LogP contribution in [0, 0.1) is 0 Å². The number of ether oxygens (including phenoxy) is 3. The second kappa shape index (κ2) is 58.2. The van der Waals surface area contributed by atoms with Crippen LogP contribution < -0.4 is 0 Å². The summed E-state index contributed by atoms with van der Waals surface area (Å²) in [5, 5.41) is 0. The minimum Gasteiger partial charge on any atom is -0.462 e. The third-order valence-electron chi connectivity index (χ3n) is 12.6. The van der Waals surface area contributed by atoms with Crippen LogP contribution in [0.1, 0.15) is 284 Å². The predicted molar refractivity (Wildman–Crippen MR) is 302 cm³/mol. The van der Waals surface area contributed by atoms with E-state index >= 15 is 0 Å². The van der Waals surface area contributed by atoms with Crippen LogP contribution in [0.2, 0.25) is 0 Å². The maximum atomic E-state index is 12.9. The molecule has 0 saturated heterocycles. The highest BCUT2D eigenvalue weighted by Crippen LogP contribution is 2.16. The predicted octanol–water partition coefficient (Wildman–Crippen LogP) is 19.9. The standard InChI is InChI=1S/C64H110O6/c1-4-7-10-13-16-19-22-25-27-29-31-32-33-35-36-39-42-45-48-51-54-57-63(66)69-60-61(59-68-62(65)56-53-50-47-44-41-38-24-21-18-15-12-9-6-3)70-64(67)58-55-52-49-46-43-40-37-34-30-28-26-23-20-17-14-11-8-5-2/h9,12,18,21-22,25,29,31,33,35,38,41,47,50,61H,4-8,10-11,13-17,19-20,23-24,26-28,30,32,34,36-37,39-40,42-46,48-49,51-60H2,1-3H3/b12-9-,21-18-,25-22-,31-29-,35-33-,41-38-,50-47-. The molecule has 6 heteroatoms. The van der Waals surface area contributed by atoms with Crippen molar-refractivity contribution in [3.63, 3.8) is 0 Å². The highest BCUT2D eigenvalue weighted by atomic mass is 16.6. The summed E-state index contributed by atoms with van der Waals surface area (Å²) >= 11 is 0. The van der Waals surface area contributed by atoms with E-state index in [0.29, 0.717) is 19.3 Å². The first kappa shape index (κ1) is 66.6. The average Bonchev–Trinajstić information content (AvgIpc) is 3.36. The van der Waals surface area contributed by atoms with Gasteiger partial charge in [0.1, 0.15) is 13.2 Å². The van der Waals surface area contributed by atoms with Gasteiger partial charge in [0.25, 0.3) is 0 Å². The minimum absolute atomic E-state index is 0.104. The molecule has 0 bridgehead atoms. The number of allylic oxidation sites excluding steroid dienone is 14. The largest absolute Gasteiger partial charge is 0.462 e. The normalized spacial score (nSPS) is 12.7. The Morgan fingerprint density at radius 3 is 0.957 bits per heavy atom. The number of esters is 3. The lowest BCUT2D eigenvalue weighted by molar-refractivity contribution is -0.166. The van der Waals surface area contributed by atoms with E-state index in [1.54, 1.807) is 0 Å². The molecule has 0 spiro atoms. The van der Waals surface area contributed by atoms with E-state index in [2.05, 4.69) is 99.8 Å². The van der Waals surface area contributed by atoms with E-state index in [0.717, 1.165) is 83.5 Å². The Bertz CT molecular complexity index is 1350. The third-order valence-corrected chi connectivity index (χ3v) is 12.6. The quantitative estimate of drug-likeness (QED) is 0.0261. The van der Waals surface area contributed by atoms with E-state index in [1.165, 1.54) is 154 Å². The number of hydrogen-bond acceptors (Lipinski definition) is 6. The van der Waals surface area contributed by atoms with Crippen molar-refractivity contribution >= 4 is 17.9 Å². The van der Waals surface area contributed by atoms with Crippen molar-refractivity contribution in [2.24, 2.45) is 0 Å². The molecule has 0 amide bonds. The van der Waals surface area contributed by atoms with Crippen LogP contribution in [-0.2, 0) is 28.6 Å². The van der Waals surface area contributed by atoms with E-state index in [1.807, 2.05) is 6.08 Å². The molecule has 0 aliphatic carbocycles. The minimum atomic E-state index is -0.810. The molecular weight excluding hydrogens is 865 g/mol. The molecule has 0 aromatic heterocycles. The van der Waals surface area contributed by atoms with Crippen molar-refractivity contribution in [1.82, 2.24) is 0 Å². The fourth-order valence-corrected chi connectivity index (χ4v) is 8.23. The number of rotatable bonds is 53. The maximum Gasteiger partial charge on any atom is 0.306 e. The molecule has 402 valence electrons. The fourth-order valence-electron chi connectivity index (χ4n) is 8.23. The molecule has 6 nitrogen and oxygen atoms in total. The summed E-state index contributed by atoms with van der Waals surface area (Å²) in [5.41, 5.74) is 0. The first-order valence-corrected chi connectivity index (χ1v) is 29.6. The molecule has 0 fully saturated rings. The number of hydrogen-bond donors (Lipinski definition) is 0. The first-order chi connectivity index (χ1) is 34.5. The Kier molecular flexibility index (Phi) is 55.3. The van der Waals surface area contributed by atoms with E-state index in [9.17, 15) is 14.4 Å². The van der Waals surface area contributed by atoms with Gasteiger partial charge in [-0.3, -0.25) is 14.4 Å². The van der Waals surface area contributed by atoms with Crippen LogP contribution in [0.5, 0.6) is 0 Å². The van der Waals surface area contributed by atoms with Gasteiger partial charge >= 0.3 is 17.9 Å². The summed E-state index contributed by atoms with van der Waals surface area (Å²) in [4.78, 5) is 38.1. The van der Waals surface area contributed by atoms with Crippen molar-refractivity contribution in [2.45, 2.75) is 290 Å². The van der Waals surface area contributed by atoms with Crippen molar-refractivity contribution < 1.29 is 28.6 Å². The second-order valence-corrected chi connectivity index (χ2v) is 19.5. The second-order valence-electron chi connectivity index (χ2n) is 19.5. The van der Waals surface area contributed by atoms with Crippen molar-refractivity contribution in [3.8, 4) is 0 Å². The van der Waals surface area contributed by atoms with Crippen LogP contribution in [0.25, 0.3) is 0 Å². The average molecular weight is 976 g/mol. The van der Waals surface area contributed by atoms with E-state index in [-0.39, 0.29) is 37.5 Å². The van der Waals surface area contributed by atoms with E-state index in [4.69, 9.17) is 14.2 Å². The monoisotopic (exact) mass is 975 g/mol. The summed E-state index contributed by atoms with van der Waals surface area (Å²) in [5.74, 6) is -0.991. The lowest BCUT2D eigenvalue weighted by Crippen LogP contribution is -2.30. The molecular formula is C64H110O6. The van der Waals surface area contributed by atoms with Gasteiger partial charge in [-0.25, -0.2) is 0 Å². The van der Waals surface area contributed by atoms with Gasteiger partial charge in [-0.2, -0.15) is 0 Å². The summed E-state index contributed by atoms with van der Waals surface area (Å²) in [6.45, 7) is 6.46. The molecule has 0 aliphatic rings. The smallest absolute Gasteiger partial charge is 0.306 e. The molecule has 0 aromatic carbocycles. The SMILES string of the molecule is CC/C=C\C/C=C\C/C=C\C/C=C\CCC(=O)OCC(COC(=O)CCCCCCCC/C=C\C/C=C\C/C=C\CCCCCCC)OC(=O)CCCCCCCCCCCCCCCCCCCC. The fraction of sp³-hybridized carbons (Fsp3) is 0.734. The van der Waals surface area contributed by atoms with Crippen LogP contribution in [0.3, 0.4) is 0 Å². The molecule has 1 unspecified atom stereocenters. The van der Waals surface area contributed by atoms with Crippen LogP contribution in [-0.4, -0.2) is 37.2 Å². The molecule has 1 atom stereocenters. The summed E-state index contributed by atoms with van der Waals surface area (Å²) in [6, 6.07) is 0. The van der Waals surface area contributed by atoms with Gasteiger partial charge in [0, 0.05) is 19.3 Å². The Labute approximate surface area is 433 Å². The number of carbonyl (C=O) groups is 3. The van der Waals surface area contributed by atoms with Crippen LogP contribution >= 0.6 is 0 Å². The molecule has 0 rings (SSSR count). The zero-order valence-electron chi connectivity index (χ0n) is 46.0. The maximum absolute atomic E-state index is 12.9. The molecule has 0 heterocycles. The summed E-state index contributed by atoms with van der Waals surface area (Å²) in [7, 11) is 0. The Hall–Kier alpha value is -3.41. The lowest BCUT2D eigenvalue weighted by Gasteiger charge is -2.18. The molecule has 0 radical (unpaired) electrons. The number of carbonyl (C=O) groups excluding carboxylic acids is 3. The summed E-state index contributed by atoms with van der Waals surface area (Å²) in [6.07, 6.45) is 75.9. The van der Waals surface area contributed by atoms with Gasteiger partial charge in [0.2, 0.25) is 0 Å². The Morgan fingerprint density at radius 1 is 0.300 bits per heavy atom. The Balaban J connectivity index is 4.42. The molecule has 0 aliphatic heterocycles. The van der Waals surface area contributed by atoms with Gasteiger partial charge in [-0.15, -0.1) is 0 Å². The van der Waals surface area contributed by atoms with Crippen molar-refractivity contribution in [2.75, 3.05) is 13.2 Å². The van der Waals surface area contributed by atoms with Gasteiger partial charge < -0.3 is 14.2 Å². The topological polar surface area (TPSA) is 78.9 Å². The molecule has 0 N–H and O–H groups in total. The van der Waals surface area contributed by atoms with Crippen molar-refractivity contribution in [3.05, 3.63) is 85.1 Å². The molecule has 0 saturated carbocycles. The van der Waals surface area contributed by atoms with Crippen LogP contribution in [0.4, 0.5) is 0 Å². The zero-order chi connectivity index (χ0) is 50.7. The van der Waals surface area contributed by atoms with Gasteiger partial charge in [0.05, 0.1) is 0 Å². The first-order valence-electron chi connectivity index (χ1n) is 29.6. The van der Waals surface area contributed by atoms with Gasteiger partial charge in [-0.05, 0) is 83.5 Å². The van der Waals surface area contributed by atoms with Crippen LogP contribution in [0.15, 0.2) is 85.1 Å². The molecule has 0 aromatic rings. The molecule has 70 heavy (non-hydrogen) atoms. The number of unbranched alkanes of at least 4 members (excludes halogenated alkanes) is 28. The van der Waals surface area contributed by atoms with Crippen molar-refractivity contribution in [1.29, 1.82) is 0 Å².